The highest BCUT2D eigenvalue weighted by Gasteiger charge is 2.40. The van der Waals surface area contributed by atoms with E-state index in [4.69, 9.17) is 0 Å². The Balaban J connectivity index is 1.82. The molecule has 0 saturated heterocycles. The van der Waals surface area contributed by atoms with Crippen LogP contribution in [0.15, 0.2) is 79.4 Å². The summed E-state index contributed by atoms with van der Waals surface area (Å²) < 4.78 is 4.88. The van der Waals surface area contributed by atoms with Gasteiger partial charge in [-0.1, -0.05) is 126 Å². The summed E-state index contributed by atoms with van der Waals surface area (Å²) in [6, 6.07) is 22.7. The molecule has 34 heavy (non-hydrogen) atoms. The van der Waals surface area contributed by atoms with E-state index in [0.29, 0.717) is 6.04 Å². The van der Waals surface area contributed by atoms with Crippen LogP contribution in [0.4, 0.5) is 0 Å². The normalized spacial score (nSPS) is 14.1. The van der Waals surface area contributed by atoms with E-state index in [9.17, 15) is 0 Å². The van der Waals surface area contributed by atoms with Gasteiger partial charge in [0.1, 0.15) is 18.4 Å². The summed E-state index contributed by atoms with van der Waals surface area (Å²) in [4.78, 5) is 0. The number of hydrogen-bond acceptors (Lipinski definition) is 0. The molecule has 0 bridgehead atoms. The second-order valence-electron chi connectivity index (χ2n) is 10.3. The largest absolute Gasteiger partial charge is 0.244 e. The topological polar surface area (TPSA) is 8.81 Å². The fraction of sp³-hybridized carbons (Fsp3) is 0.531. The van der Waals surface area contributed by atoms with E-state index in [2.05, 4.69) is 109 Å². The molecule has 0 saturated carbocycles. The van der Waals surface area contributed by atoms with Gasteiger partial charge in [-0.05, 0) is 36.8 Å². The standard InChI is InChI=1S/C32H47N2/c1-4-6-7-8-9-10-11-18-23-31(34-26-25-33(28-34)24-5-2)32(3,30-21-16-13-17-22-30)27-29-19-14-12-15-20-29/h12-17,19-22,25-26,28,31H,4-11,18,23-24,27H2,1-3H3/q+1. The lowest BCUT2D eigenvalue weighted by atomic mass is 9.70. The third kappa shape index (κ3) is 7.58. The molecule has 0 aliphatic rings. The van der Waals surface area contributed by atoms with Crippen molar-refractivity contribution in [3.63, 3.8) is 0 Å². The van der Waals surface area contributed by atoms with Gasteiger partial charge < -0.3 is 0 Å². The molecule has 0 amide bonds. The minimum atomic E-state index is 0.0206. The molecular formula is C32H47N2+. The van der Waals surface area contributed by atoms with Crippen molar-refractivity contribution in [2.45, 2.75) is 109 Å². The average Bonchev–Trinajstić information content (AvgIpc) is 3.32. The van der Waals surface area contributed by atoms with Crippen LogP contribution in [0.5, 0.6) is 0 Å². The van der Waals surface area contributed by atoms with Crippen molar-refractivity contribution in [1.82, 2.24) is 4.57 Å². The highest BCUT2D eigenvalue weighted by atomic mass is 15.1. The van der Waals surface area contributed by atoms with Crippen molar-refractivity contribution in [3.05, 3.63) is 90.5 Å². The van der Waals surface area contributed by atoms with Crippen LogP contribution in [-0.4, -0.2) is 4.57 Å². The van der Waals surface area contributed by atoms with Crippen molar-refractivity contribution in [3.8, 4) is 0 Å². The molecule has 0 aliphatic carbocycles. The molecule has 0 N–H and O–H groups in total. The Labute approximate surface area is 209 Å². The first-order valence-corrected chi connectivity index (χ1v) is 13.8. The number of benzene rings is 2. The monoisotopic (exact) mass is 459 g/mol. The number of aryl methyl sites for hydroxylation is 1. The zero-order valence-corrected chi connectivity index (χ0v) is 22.0. The van der Waals surface area contributed by atoms with E-state index in [1.807, 2.05) is 0 Å². The van der Waals surface area contributed by atoms with Crippen LogP contribution in [0, 0.1) is 0 Å². The fourth-order valence-corrected chi connectivity index (χ4v) is 5.50. The Morgan fingerprint density at radius 2 is 1.38 bits per heavy atom. The molecule has 0 spiro atoms. The summed E-state index contributed by atoms with van der Waals surface area (Å²) in [5, 5.41) is 0. The molecule has 2 nitrogen and oxygen atoms in total. The van der Waals surface area contributed by atoms with Crippen molar-refractivity contribution in [2.75, 3.05) is 0 Å². The van der Waals surface area contributed by atoms with Crippen LogP contribution in [-0.2, 0) is 18.4 Å². The number of imidazole rings is 1. The molecule has 184 valence electrons. The maximum atomic E-state index is 2.52. The van der Waals surface area contributed by atoms with Gasteiger partial charge in [-0.15, -0.1) is 0 Å². The van der Waals surface area contributed by atoms with Gasteiger partial charge in [0.25, 0.3) is 0 Å². The van der Waals surface area contributed by atoms with Crippen LogP contribution < -0.4 is 4.57 Å². The maximum Gasteiger partial charge on any atom is 0.244 e. The van der Waals surface area contributed by atoms with Gasteiger partial charge >= 0.3 is 0 Å². The van der Waals surface area contributed by atoms with Crippen LogP contribution >= 0.6 is 0 Å². The lowest BCUT2D eigenvalue weighted by Gasteiger charge is -2.37. The SMILES string of the molecule is CCCCCCCCCCC(n1cc[n+](CCC)c1)C(C)(Cc1ccccc1)c1ccccc1. The van der Waals surface area contributed by atoms with E-state index >= 15 is 0 Å². The van der Waals surface area contributed by atoms with E-state index in [0.717, 1.165) is 19.4 Å². The van der Waals surface area contributed by atoms with Crippen molar-refractivity contribution in [1.29, 1.82) is 0 Å². The van der Waals surface area contributed by atoms with Gasteiger partial charge in [0.2, 0.25) is 6.33 Å². The van der Waals surface area contributed by atoms with Crippen LogP contribution in [0.25, 0.3) is 0 Å². The summed E-state index contributed by atoms with van der Waals surface area (Å²) in [6.45, 7) is 8.13. The first-order chi connectivity index (χ1) is 16.7. The minimum absolute atomic E-state index is 0.0206. The number of unbranched alkanes of at least 4 members (excludes halogenated alkanes) is 7. The molecule has 2 unspecified atom stereocenters. The molecule has 3 rings (SSSR count). The number of rotatable bonds is 16. The van der Waals surface area contributed by atoms with Gasteiger partial charge in [0.15, 0.2) is 0 Å². The summed E-state index contributed by atoms with van der Waals surface area (Å²) >= 11 is 0. The van der Waals surface area contributed by atoms with Gasteiger partial charge in [-0.25, -0.2) is 9.13 Å². The van der Waals surface area contributed by atoms with Gasteiger partial charge in [0.05, 0.1) is 6.54 Å². The predicted molar refractivity (Wildman–Crippen MR) is 145 cm³/mol. The Morgan fingerprint density at radius 1 is 0.765 bits per heavy atom. The summed E-state index contributed by atoms with van der Waals surface area (Å²) in [7, 11) is 0. The fourth-order valence-electron chi connectivity index (χ4n) is 5.50. The summed E-state index contributed by atoms with van der Waals surface area (Å²) in [6.07, 6.45) is 21.3. The van der Waals surface area contributed by atoms with E-state index in [1.54, 1.807) is 0 Å². The van der Waals surface area contributed by atoms with Crippen molar-refractivity contribution in [2.24, 2.45) is 0 Å². The second kappa shape index (κ2) is 14.1. The summed E-state index contributed by atoms with van der Waals surface area (Å²) in [5.74, 6) is 0. The second-order valence-corrected chi connectivity index (χ2v) is 10.3. The lowest BCUT2D eigenvalue weighted by Crippen LogP contribution is -2.38. The van der Waals surface area contributed by atoms with Gasteiger partial charge in [-0.2, -0.15) is 0 Å². The molecule has 0 aliphatic heterocycles. The Hall–Kier alpha value is -2.35. The van der Waals surface area contributed by atoms with E-state index < -0.39 is 0 Å². The molecule has 1 aromatic heterocycles. The Bertz CT molecular complexity index is 914. The minimum Gasteiger partial charge on any atom is -0.237 e. The third-order valence-electron chi connectivity index (χ3n) is 7.47. The molecule has 2 atom stereocenters. The van der Waals surface area contributed by atoms with Crippen LogP contribution in [0.3, 0.4) is 0 Å². The number of nitrogens with zero attached hydrogens (tertiary/aromatic N) is 2. The molecule has 0 fully saturated rings. The average molecular weight is 460 g/mol. The highest BCUT2D eigenvalue weighted by Crippen LogP contribution is 2.41. The first kappa shape index (κ1) is 26.3. The number of aromatic nitrogens is 2. The van der Waals surface area contributed by atoms with Crippen LogP contribution in [0.2, 0.25) is 0 Å². The molecule has 3 aromatic rings. The quantitative estimate of drug-likeness (QED) is 0.150. The molecule has 0 radical (unpaired) electrons. The smallest absolute Gasteiger partial charge is 0.237 e. The third-order valence-corrected chi connectivity index (χ3v) is 7.47. The maximum absolute atomic E-state index is 2.52. The Morgan fingerprint density at radius 3 is 2.03 bits per heavy atom. The predicted octanol–water partition coefficient (Wildman–Crippen LogP) is 8.46. The first-order valence-electron chi connectivity index (χ1n) is 13.8. The highest BCUT2D eigenvalue weighted by molar-refractivity contribution is 5.30. The van der Waals surface area contributed by atoms with E-state index in [1.165, 1.54) is 68.9 Å². The summed E-state index contributed by atoms with van der Waals surface area (Å²) in [5.41, 5.74) is 2.88. The van der Waals surface area contributed by atoms with Crippen molar-refractivity contribution < 1.29 is 4.57 Å². The van der Waals surface area contributed by atoms with Gasteiger partial charge in [-0.3, -0.25) is 0 Å². The van der Waals surface area contributed by atoms with Gasteiger partial charge in [0, 0.05) is 5.41 Å². The number of hydrogen-bond donors (Lipinski definition) is 0. The lowest BCUT2D eigenvalue weighted by molar-refractivity contribution is -0.696. The van der Waals surface area contributed by atoms with E-state index in [-0.39, 0.29) is 5.41 Å². The molecule has 2 heteroatoms. The zero-order valence-electron chi connectivity index (χ0n) is 22.0. The molecule has 2 aromatic carbocycles. The molecular weight excluding hydrogens is 412 g/mol. The van der Waals surface area contributed by atoms with Crippen molar-refractivity contribution >= 4 is 0 Å². The van der Waals surface area contributed by atoms with Crippen LogP contribution in [0.1, 0.15) is 102 Å². The zero-order chi connectivity index (χ0) is 24.1. The molecule has 1 heterocycles. The Kier molecular flexibility index (Phi) is 10.9.